The van der Waals surface area contributed by atoms with Crippen molar-refractivity contribution in [1.29, 1.82) is 0 Å². The lowest BCUT2D eigenvalue weighted by atomic mass is 9.99. The monoisotopic (exact) mass is 290 g/mol. The van der Waals surface area contributed by atoms with E-state index in [1.807, 2.05) is 23.1 Å². The molecule has 1 atom stereocenters. The molecule has 2 nitrogen and oxygen atoms in total. The maximum Gasteiger partial charge on any atom is 0.103 e. The number of nitrogens with zero attached hydrogens (tertiary/aromatic N) is 1. The van der Waals surface area contributed by atoms with E-state index in [0.717, 1.165) is 18.6 Å². The number of hydrogen-bond donors (Lipinski definition) is 1. The predicted octanol–water partition coefficient (Wildman–Crippen LogP) is 4.08. The van der Waals surface area contributed by atoms with Crippen molar-refractivity contribution in [2.45, 2.75) is 42.9 Å². The Kier molecular flexibility index (Phi) is 3.91. The van der Waals surface area contributed by atoms with Crippen LogP contribution in [-0.4, -0.2) is 4.98 Å². The van der Waals surface area contributed by atoms with E-state index in [1.54, 1.807) is 0 Å². The van der Waals surface area contributed by atoms with E-state index < -0.39 is 0 Å². The van der Waals surface area contributed by atoms with Crippen LogP contribution in [0.15, 0.2) is 29.2 Å². The number of aromatic nitrogens is 1. The van der Waals surface area contributed by atoms with Crippen molar-refractivity contribution in [2.75, 3.05) is 0 Å². The summed E-state index contributed by atoms with van der Waals surface area (Å²) in [6.45, 7) is 2.12. The Morgan fingerprint density at radius 2 is 2.16 bits per heavy atom. The molecule has 1 aliphatic rings. The average molecular weight is 290 g/mol. The lowest BCUT2D eigenvalue weighted by molar-refractivity contribution is 0.573. The van der Waals surface area contributed by atoms with Gasteiger partial charge in [-0.05, 0) is 38.3 Å². The number of hydrogen-bond acceptors (Lipinski definition) is 4. The second kappa shape index (κ2) is 5.65. The average Bonchev–Trinajstić information content (AvgIpc) is 2.83. The Morgan fingerprint density at radius 1 is 1.37 bits per heavy atom. The third-order valence-corrected chi connectivity index (χ3v) is 5.86. The van der Waals surface area contributed by atoms with Gasteiger partial charge in [-0.1, -0.05) is 17.7 Å². The van der Waals surface area contributed by atoms with Crippen LogP contribution < -0.4 is 5.73 Å². The Hall–Kier alpha value is -0.840. The third kappa shape index (κ3) is 3.02. The Balaban J connectivity index is 1.69. The van der Waals surface area contributed by atoms with Crippen LogP contribution in [0.4, 0.5) is 0 Å². The topological polar surface area (TPSA) is 38.9 Å². The molecular weight excluding hydrogens is 272 g/mol. The molecule has 0 saturated heterocycles. The van der Waals surface area contributed by atoms with Crippen LogP contribution in [0.25, 0.3) is 0 Å². The van der Waals surface area contributed by atoms with Crippen molar-refractivity contribution in [3.05, 3.63) is 45.4 Å². The number of benzene rings is 1. The molecule has 1 heterocycles. The van der Waals surface area contributed by atoms with Crippen molar-refractivity contribution in [3.63, 3.8) is 0 Å². The van der Waals surface area contributed by atoms with Crippen LogP contribution in [0.1, 0.15) is 40.0 Å². The summed E-state index contributed by atoms with van der Waals surface area (Å²) in [4.78, 5) is 7.38. The first kappa shape index (κ1) is 13.2. The highest BCUT2D eigenvalue weighted by molar-refractivity contribution is 7.98. The van der Waals surface area contributed by atoms with Gasteiger partial charge in [0, 0.05) is 15.8 Å². The highest BCUT2D eigenvalue weighted by Gasteiger charge is 2.21. The van der Waals surface area contributed by atoms with Gasteiger partial charge in [-0.25, -0.2) is 4.98 Å². The molecular formula is C15H18N2S2. The van der Waals surface area contributed by atoms with Crippen molar-refractivity contribution in [2.24, 2.45) is 5.73 Å². The van der Waals surface area contributed by atoms with Gasteiger partial charge in [0.15, 0.2) is 0 Å². The van der Waals surface area contributed by atoms with Crippen LogP contribution in [0.3, 0.4) is 0 Å². The van der Waals surface area contributed by atoms with Gasteiger partial charge in [0.05, 0.1) is 11.4 Å². The lowest BCUT2D eigenvalue weighted by Crippen LogP contribution is -2.15. The zero-order valence-electron chi connectivity index (χ0n) is 11.1. The van der Waals surface area contributed by atoms with E-state index in [9.17, 15) is 0 Å². The smallest absolute Gasteiger partial charge is 0.103 e. The molecule has 0 spiro atoms. The lowest BCUT2D eigenvalue weighted by Gasteiger charge is -2.15. The minimum atomic E-state index is 0.222. The minimum absolute atomic E-state index is 0.222. The van der Waals surface area contributed by atoms with Crippen LogP contribution in [-0.2, 0) is 12.2 Å². The van der Waals surface area contributed by atoms with Crippen LogP contribution in [0.2, 0.25) is 0 Å². The summed E-state index contributed by atoms with van der Waals surface area (Å²) in [6, 6.07) is 8.90. The molecule has 0 bridgehead atoms. The van der Waals surface area contributed by atoms with Crippen molar-refractivity contribution < 1.29 is 0 Å². The van der Waals surface area contributed by atoms with E-state index in [-0.39, 0.29) is 6.04 Å². The largest absolute Gasteiger partial charge is 0.323 e. The summed E-state index contributed by atoms with van der Waals surface area (Å²) in [7, 11) is 0. The van der Waals surface area contributed by atoms with Gasteiger partial charge in [-0.15, -0.1) is 23.1 Å². The van der Waals surface area contributed by atoms with Crippen molar-refractivity contribution >= 4 is 23.1 Å². The molecule has 0 fully saturated rings. The number of rotatable bonds is 3. The summed E-state index contributed by atoms with van der Waals surface area (Å²) >= 11 is 3.66. The number of aryl methyl sites for hydroxylation is 2. The Labute approximate surface area is 122 Å². The molecule has 2 N–H and O–H groups in total. The molecule has 0 radical (unpaired) electrons. The predicted molar refractivity (Wildman–Crippen MR) is 82.7 cm³/mol. The SMILES string of the molecule is Cc1ccc(SCc2nc3c(s2)C(N)CCC3)cc1. The molecule has 0 amide bonds. The van der Waals surface area contributed by atoms with Crippen LogP contribution in [0, 0.1) is 6.92 Å². The molecule has 100 valence electrons. The van der Waals surface area contributed by atoms with Gasteiger partial charge in [0.25, 0.3) is 0 Å². The fraction of sp³-hybridized carbons (Fsp3) is 0.400. The molecule has 1 unspecified atom stereocenters. The highest BCUT2D eigenvalue weighted by atomic mass is 32.2. The summed E-state index contributed by atoms with van der Waals surface area (Å²) in [6.07, 6.45) is 3.40. The molecule has 2 aromatic rings. The summed E-state index contributed by atoms with van der Waals surface area (Å²) in [5.74, 6) is 0.952. The number of nitrogens with two attached hydrogens (primary N) is 1. The molecule has 1 aromatic heterocycles. The molecule has 1 aliphatic carbocycles. The first-order valence-corrected chi connectivity index (χ1v) is 8.46. The second-order valence-electron chi connectivity index (χ2n) is 5.02. The Morgan fingerprint density at radius 3 is 2.89 bits per heavy atom. The Bertz CT molecular complexity index is 560. The first-order chi connectivity index (χ1) is 9.22. The summed E-state index contributed by atoms with van der Waals surface area (Å²) < 4.78 is 0. The fourth-order valence-corrected chi connectivity index (χ4v) is 4.39. The standard InChI is InChI=1S/C15H18N2S2/c1-10-5-7-11(8-6-10)18-9-14-17-13-4-2-3-12(16)15(13)19-14/h5-8,12H,2-4,9,16H2,1H3. The van der Waals surface area contributed by atoms with Gasteiger partial charge in [-0.2, -0.15) is 0 Å². The maximum absolute atomic E-state index is 6.15. The molecule has 1 aromatic carbocycles. The van der Waals surface area contributed by atoms with Gasteiger partial charge >= 0.3 is 0 Å². The van der Waals surface area contributed by atoms with E-state index in [2.05, 4.69) is 31.2 Å². The minimum Gasteiger partial charge on any atom is -0.323 e. The van der Waals surface area contributed by atoms with Crippen LogP contribution >= 0.6 is 23.1 Å². The van der Waals surface area contributed by atoms with Gasteiger partial charge in [0.2, 0.25) is 0 Å². The number of thioether (sulfide) groups is 1. The van der Waals surface area contributed by atoms with Gasteiger partial charge < -0.3 is 5.73 Å². The van der Waals surface area contributed by atoms with E-state index in [4.69, 9.17) is 10.7 Å². The van der Waals surface area contributed by atoms with E-state index in [1.165, 1.54) is 32.5 Å². The highest BCUT2D eigenvalue weighted by Crippen LogP contribution is 2.34. The first-order valence-electron chi connectivity index (χ1n) is 6.66. The molecule has 0 saturated carbocycles. The van der Waals surface area contributed by atoms with E-state index in [0.29, 0.717) is 0 Å². The quantitative estimate of drug-likeness (QED) is 0.866. The molecule has 0 aliphatic heterocycles. The van der Waals surface area contributed by atoms with E-state index >= 15 is 0 Å². The number of thiazole rings is 1. The molecule has 19 heavy (non-hydrogen) atoms. The number of fused-ring (bicyclic) bond motifs is 1. The zero-order valence-corrected chi connectivity index (χ0v) is 12.7. The van der Waals surface area contributed by atoms with Crippen LogP contribution in [0.5, 0.6) is 0 Å². The van der Waals surface area contributed by atoms with Crippen molar-refractivity contribution in [3.8, 4) is 0 Å². The summed E-state index contributed by atoms with van der Waals surface area (Å²) in [5, 5.41) is 1.22. The second-order valence-corrected chi connectivity index (χ2v) is 7.18. The fourth-order valence-electron chi connectivity index (χ4n) is 2.34. The normalized spacial score (nSPS) is 18.3. The van der Waals surface area contributed by atoms with Crippen molar-refractivity contribution in [1.82, 2.24) is 4.98 Å². The maximum atomic E-state index is 6.15. The van der Waals surface area contributed by atoms with Gasteiger partial charge in [0.1, 0.15) is 5.01 Å². The third-order valence-electron chi connectivity index (χ3n) is 3.42. The molecule has 3 rings (SSSR count). The molecule has 4 heteroatoms. The summed E-state index contributed by atoms with van der Waals surface area (Å²) in [5.41, 5.74) is 8.71. The van der Waals surface area contributed by atoms with Gasteiger partial charge in [-0.3, -0.25) is 0 Å². The zero-order chi connectivity index (χ0) is 13.2.